The number of ether oxygens (including phenoxy) is 1. The van der Waals surface area contributed by atoms with Crippen molar-refractivity contribution in [3.8, 4) is 0 Å². The maximum absolute atomic E-state index is 15.8. The molecule has 2 saturated heterocycles. The number of anilines is 3. The fourth-order valence-electron chi connectivity index (χ4n) is 5.69. The first-order valence-electron chi connectivity index (χ1n) is 13.8. The van der Waals surface area contributed by atoms with Crippen LogP contribution in [0.5, 0.6) is 0 Å². The van der Waals surface area contributed by atoms with Gasteiger partial charge in [-0.05, 0) is 59.1 Å². The summed E-state index contributed by atoms with van der Waals surface area (Å²) < 4.78 is 39.0. The molecular weight excluding hydrogens is 504 g/mol. The Morgan fingerprint density at radius 3 is 2.42 bits per heavy atom. The van der Waals surface area contributed by atoms with E-state index < -0.39 is 18.3 Å². The molecule has 5 rings (SSSR count). The van der Waals surface area contributed by atoms with Gasteiger partial charge in [-0.15, -0.1) is 0 Å². The summed E-state index contributed by atoms with van der Waals surface area (Å²) in [6.45, 7) is 13.9. The van der Waals surface area contributed by atoms with E-state index in [0.717, 1.165) is 75.7 Å². The Hall–Kier alpha value is -1.79. The van der Waals surface area contributed by atoms with Gasteiger partial charge in [-0.2, -0.15) is 5.10 Å². The van der Waals surface area contributed by atoms with Crippen LogP contribution in [0.1, 0.15) is 64.8 Å². The molecule has 208 valence electrons. The van der Waals surface area contributed by atoms with Crippen LogP contribution in [0.4, 0.5) is 21.6 Å². The van der Waals surface area contributed by atoms with Gasteiger partial charge in [0, 0.05) is 63.0 Å². The molecule has 0 aliphatic carbocycles. The normalized spacial score (nSPS) is 21.3. The molecule has 2 aromatic rings. The van der Waals surface area contributed by atoms with Crippen molar-refractivity contribution in [3.05, 3.63) is 29.2 Å². The molecule has 1 aromatic carbocycles. The summed E-state index contributed by atoms with van der Waals surface area (Å²) in [7, 11) is 1.29. The second-order valence-electron chi connectivity index (χ2n) is 11.6. The molecule has 3 aliphatic rings. The Morgan fingerprint density at radius 1 is 1.11 bits per heavy atom. The number of hydrogen-bond acceptors (Lipinski definition) is 8. The van der Waals surface area contributed by atoms with Gasteiger partial charge in [0.15, 0.2) is 5.82 Å². The van der Waals surface area contributed by atoms with Crippen LogP contribution in [0.25, 0.3) is 0 Å². The summed E-state index contributed by atoms with van der Waals surface area (Å²) in [4.78, 5) is 4.37. The van der Waals surface area contributed by atoms with Crippen molar-refractivity contribution in [2.24, 2.45) is 0 Å². The van der Waals surface area contributed by atoms with E-state index in [9.17, 15) is 0 Å². The van der Waals surface area contributed by atoms with Crippen molar-refractivity contribution < 1.29 is 18.4 Å². The average molecular weight is 546 g/mol. The van der Waals surface area contributed by atoms with E-state index in [4.69, 9.17) is 19.1 Å². The fraction of sp³-hybridized carbons (Fsp3) is 0.667. The lowest BCUT2D eigenvalue weighted by atomic mass is 9.78. The molecule has 0 bridgehead atoms. The maximum atomic E-state index is 15.8. The van der Waals surface area contributed by atoms with Crippen LogP contribution in [0, 0.1) is 5.82 Å². The number of thiol groups is 1. The van der Waals surface area contributed by atoms with Gasteiger partial charge in [0.05, 0.1) is 28.6 Å². The Morgan fingerprint density at radius 2 is 1.79 bits per heavy atom. The number of nitrogens with zero attached hydrogens (tertiary/aromatic N) is 4. The smallest absolute Gasteiger partial charge is 0.399 e. The second kappa shape index (κ2) is 10.7. The van der Waals surface area contributed by atoms with Gasteiger partial charge in [0.25, 0.3) is 0 Å². The predicted molar refractivity (Wildman–Crippen MR) is 154 cm³/mol. The number of fused-ring (bicyclic) bond motifs is 1. The Balaban J connectivity index is 1.56. The molecule has 0 spiro atoms. The third kappa shape index (κ3) is 4.85. The first kappa shape index (κ1) is 27.8. The third-order valence-corrected chi connectivity index (χ3v) is 8.90. The first-order chi connectivity index (χ1) is 18.1. The molecule has 0 saturated carbocycles. The Kier molecular flexibility index (Phi) is 7.78. The van der Waals surface area contributed by atoms with E-state index in [2.05, 4.69) is 38.9 Å². The zero-order valence-electron chi connectivity index (χ0n) is 23.5. The molecule has 11 heteroatoms. The zero-order chi connectivity index (χ0) is 27.2. The highest BCUT2D eigenvalue weighted by Gasteiger charge is 2.52. The minimum Gasteiger partial charge on any atom is -0.399 e. The number of benzene rings is 1. The predicted octanol–water partition coefficient (Wildman–Crippen LogP) is 3.80. The fourth-order valence-corrected chi connectivity index (χ4v) is 5.80. The third-order valence-electron chi connectivity index (χ3n) is 8.68. The molecular formula is C27H41BFN5O3S. The van der Waals surface area contributed by atoms with Crippen LogP contribution in [0.2, 0.25) is 0 Å². The molecule has 2 fully saturated rings. The van der Waals surface area contributed by atoms with Crippen molar-refractivity contribution >= 4 is 42.6 Å². The van der Waals surface area contributed by atoms with Crippen molar-refractivity contribution in [2.45, 2.75) is 77.5 Å². The number of halogens is 1. The summed E-state index contributed by atoms with van der Waals surface area (Å²) in [5.41, 5.74) is 3.56. The average Bonchev–Trinajstić information content (AvgIpc) is 3.35. The van der Waals surface area contributed by atoms with Crippen molar-refractivity contribution in [3.63, 3.8) is 0 Å². The van der Waals surface area contributed by atoms with E-state index in [1.54, 1.807) is 6.07 Å². The quantitative estimate of drug-likeness (QED) is 0.406. The Bertz CT molecular complexity index is 1150. The van der Waals surface area contributed by atoms with E-state index in [1.807, 2.05) is 40.8 Å². The highest BCUT2D eigenvalue weighted by atomic mass is 32.1. The van der Waals surface area contributed by atoms with E-state index in [0.29, 0.717) is 11.5 Å². The van der Waals surface area contributed by atoms with E-state index in [-0.39, 0.29) is 5.82 Å². The molecule has 4 heterocycles. The summed E-state index contributed by atoms with van der Waals surface area (Å²) in [6.07, 6.45) is 3.55. The topological polar surface area (TPSA) is 64.0 Å². The number of nitrogens with one attached hydrogen (secondary N) is 1. The second-order valence-corrected chi connectivity index (χ2v) is 11.9. The molecule has 1 aromatic heterocycles. The summed E-state index contributed by atoms with van der Waals surface area (Å²) in [6, 6.07) is 3.83. The summed E-state index contributed by atoms with van der Waals surface area (Å²) in [5, 5.41) is 5.22. The van der Waals surface area contributed by atoms with Gasteiger partial charge in [0.2, 0.25) is 0 Å². The standard InChI is InChI=1S/C27H41BFN5O3S/c1-7-19-22(8-11-30-38)34(18-9-14-35-15-10-18)31-25(19)33-13-12-32(6)23-16-20(21(29)17-24(23)33)28-36-26(2,3)27(4,5)37-28/h16-18,30,38H,7-15H2,1-6H3. The molecule has 8 nitrogen and oxygen atoms in total. The molecule has 3 aliphatic heterocycles. The van der Waals surface area contributed by atoms with Crippen LogP contribution >= 0.6 is 12.8 Å². The van der Waals surface area contributed by atoms with E-state index >= 15 is 4.39 Å². The van der Waals surface area contributed by atoms with Gasteiger partial charge >= 0.3 is 7.12 Å². The number of rotatable bonds is 7. The minimum absolute atomic E-state index is 0.298. The molecule has 0 amide bonds. The Labute approximate surface area is 231 Å². The number of aromatic nitrogens is 2. The lowest BCUT2D eigenvalue weighted by Gasteiger charge is -2.37. The van der Waals surface area contributed by atoms with Gasteiger partial charge in [-0.25, -0.2) is 4.39 Å². The molecule has 0 radical (unpaired) electrons. The van der Waals surface area contributed by atoms with Crippen molar-refractivity contribution in [1.82, 2.24) is 14.5 Å². The monoisotopic (exact) mass is 545 g/mol. The van der Waals surface area contributed by atoms with Crippen LogP contribution in [-0.4, -0.2) is 68.0 Å². The van der Waals surface area contributed by atoms with Crippen molar-refractivity contribution in [2.75, 3.05) is 49.7 Å². The molecule has 38 heavy (non-hydrogen) atoms. The van der Waals surface area contributed by atoms with Crippen LogP contribution in [-0.2, 0) is 26.9 Å². The van der Waals surface area contributed by atoms with E-state index in [1.165, 1.54) is 11.3 Å². The highest BCUT2D eigenvalue weighted by molar-refractivity contribution is 7.78. The van der Waals surface area contributed by atoms with Crippen LogP contribution < -0.4 is 20.0 Å². The molecule has 0 unspecified atom stereocenters. The van der Waals surface area contributed by atoms with Gasteiger partial charge in [-0.3, -0.25) is 9.40 Å². The number of hydrogen-bond donors (Lipinski definition) is 2. The van der Waals surface area contributed by atoms with Gasteiger partial charge in [-0.1, -0.05) is 19.7 Å². The number of likely N-dealkylation sites (N-methyl/N-ethyl adjacent to an activating group) is 1. The van der Waals surface area contributed by atoms with Gasteiger partial charge in [0.1, 0.15) is 5.82 Å². The van der Waals surface area contributed by atoms with Crippen LogP contribution in [0.15, 0.2) is 12.1 Å². The maximum Gasteiger partial charge on any atom is 0.497 e. The SMILES string of the molecule is CCc1c(N2CCN(C)c3cc(B4OC(C)(C)C(C)(C)O4)c(F)cc32)nn(C2CCOCC2)c1CCNS. The largest absolute Gasteiger partial charge is 0.497 e. The van der Waals surface area contributed by atoms with Gasteiger partial charge < -0.3 is 23.8 Å². The van der Waals surface area contributed by atoms with Crippen LogP contribution in [0.3, 0.4) is 0 Å². The first-order valence-corrected chi connectivity index (χ1v) is 14.3. The summed E-state index contributed by atoms with van der Waals surface area (Å²) in [5.74, 6) is 0.592. The molecule has 1 N–H and O–H groups in total. The lowest BCUT2D eigenvalue weighted by molar-refractivity contribution is 0.00578. The highest BCUT2D eigenvalue weighted by Crippen LogP contribution is 2.42. The summed E-state index contributed by atoms with van der Waals surface area (Å²) >= 11 is 4.23. The zero-order valence-corrected chi connectivity index (χ0v) is 24.4. The van der Waals surface area contributed by atoms with Crippen molar-refractivity contribution in [1.29, 1.82) is 0 Å². The minimum atomic E-state index is -0.756. The lowest BCUT2D eigenvalue weighted by Crippen LogP contribution is -2.41. The molecule has 0 atom stereocenters.